The fourth-order valence-corrected chi connectivity index (χ4v) is 3.00. The second kappa shape index (κ2) is 9.94. The molecule has 1 N–H and O–H groups in total. The molecule has 2 heterocycles. The first-order chi connectivity index (χ1) is 12.5. The lowest BCUT2D eigenvalue weighted by Gasteiger charge is -2.33. The van der Waals surface area contributed by atoms with Crippen LogP contribution in [0.3, 0.4) is 0 Å². The standard InChI is InChI=1S/C18H30N6O2/c1-5-16-22-21-13-24(16)11-8-19-18(20-12-14(2)3)23-9-6-15(7-10-23)17(25)26-4/h13,15H,2,5-12H2,1,3-4H3,(H,19,20). The topological polar surface area (TPSA) is 84.6 Å². The largest absolute Gasteiger partial charge is 0.469 e. The van der Waals surface area contributed by atoms with Gasteiger partial charge in [0, 0.05) is 32.6 Å². The Bertz CT molecular complexity index is 631. The van der Waals surface area contributed by atoms with E-state index in [0.29, 0.717) is 6.54 Å². The molecule has 1 aliphatic heterocycles. The number of ether oxygens (including phenoxy) is 1. The molecule has 8 nitrogen and oxygen atoms in total. The zero-order valence-corrected chi connectivity index (χ0v) is 16.1. The van der Waals surface area contributed by atoms with Crippen LogP contribution in [-0.4, -0.2) is 64.9 Å². The highest BCUT2D eigenvalue weighted by Gasteiger charge is 2.27. The maximum absolute atomic E-state index is 11.7. The van der Waals surface area contributed by atoms with Gasteiger partial charge in [-0.1, -0.05) is 19.1 Å². The third kappa shape index (κ3) is 5.57. The van der Waals surface area contributed by atoms with E-state index in [2.05, 4.69) is 38.9 Å². The lowest BCUT2D eigenvalue weighted by molar-refractivity contribution is -0.146. The van der Waals surface area contributed by atoms with Crippen LogP contribution in [0.4, 0.5) is 0 Å². The Morgan fingerprint density at radius 3 is 2.81 bits per heavy atom. The van der Waals surface area contributed by atoms with Crippen molar-refractivity contribution in [1.82, 2.24) is 25.0 Å². The monoisotopic (exact) mass is 362 g/mol. The summed E-state index contributed by atoms with van der Waals surface area (Å²) in [6.45, 7) is 11.6. The van der Waals surface area contributed by atoms with Gasteiger partial charge in [-0.3, -0.25) is 4.79 Å². The Labute approximate surface area is 155 Å². The Morgan fingerprint density at radius 2 is 2.19 bits per heavy atom. The number of aromatic nitrogens is 3. The molecule has 1 aliphatic rings. The van der Waals surface area contributed by atoms with Gasteiger partial charge in [-0.25, -0.2) is 4.99 Å². The number of aliphatic imine (C=N–C) groups is 1. The first kappa shape index (κ1) is 19.9. The molecule has 0 aromatic carbocycles. The van der Waals surface area contributed by atoms with Crippen molar-refractivity contribution in [2.24, 2.45) is 10.9 Å². The number of esters is 1. The number of hydrogen-bond donors (Lipinski definition) is 1. The lowest BCUT2D eigenvalue weighted by atomic mass is 9.97. The molecule has 0 atom stereocenters. The number of rotatable bonds is 7. The lowest BCUT2D eigenvalue weighted by Crippen LogP contribution is -2.47. The smallest absolute Gasteiger partial charge is 0.308 e. The third-order valence-corrected chi connectivity index (χ3v) is 4.48. The van der Waals surface area contributed by atoms with Crippen molar-refractivity contribution < 1.29 is 9.53 Å². The van der Waals surface area contributed by atoms with Crippen molar-refractivity contribution in [3.8, 4) is 0 Å². The van der Waals surface area contributed by atoms with Gasteiger partial charge in [-0.15, -0.1) is 10.2 Å². The summed E-state index contributed by atoms with van der Waals surface area (Å²) in [4.78, 5) is 18.6. The predicted molar refractivity (Wildman–Crippen MR) is 101 cm³/mol. The minimum Gasteiger partial charge on any atom is -0.469 e. The molecule has 1 fully saturated rings. The van der Waals surface area contributed by atoms with Crippen LogP contribution < -0.4 is 5.32 Å². The zero-order chi connectivity index (χ0) is 18.9. The Kier molecular flexibility index (Phi) is 7.62. The second-order valence-electron chi connectivity index (χ2n) is 6.60. The zero-order valence-electron chi connectivity index (χ0n) is 16.1. The molecule has 0 unspecified atom stereocenters. The van der Waals surface area contributed by atoms with Crippen LogP contribution in [0.5, 0.6) is 0 Å². The Balaban J connectivity index is 1.93. The number of methoxy groups -OCH3 is 1. The summed E-state index contributed by atoms with van der Waals surface area (Å²) in [5.74, 6) is 1.72. The van der Waals surface area contributed by atoms with Gasteiger partial charge in [0.25, 0.3) is 0 Å². The number of aryl methyl sites for hydroxylation is 1. The fraction of sp³-hybridized carbons (Fsp3) is 0.667. The first-order valence-electron chi connectivity index (χ1n) is 9.17. The highest BCUT2D eigenvalue weighted by Crippen LogP contribution is 2.18. The van der Waals surface area contributed by atoms with E-state index in [9.17, 15) is 4.79 Å². The molecule has 26 heavy (non-hydrogen) atoms. The summed E-state index contributed by atoms with van der Waals surface area (Å²) in [6, 6.07) is 0. The van der Waals surface area contributed by atoms with Crippen LogP contribution in [0.15, 0.2) is 23.5 Å². The molecule has 1 aromatic heterocycles. The van der Waals surface area contributed by atoms with Crippen LogP contribution >= 0.6 is 0 Å². The predicted octanol–water partition coefficient (Wildman–Crippen LogP) is 1.25. The van der Waals surface area contributed by atoms with Gasteiger partial charge in [0.1, 0.15) is 12.2 Å². The molecule has 0 spiro atoms. The molecule has 8 heteroatoms. The molecule has 144 valence electrons. The first-order valence-corrected chi connectivity index (χ1v) is 9.17. The summed E-state index contributed by atoms with van der Waals surface area (Å²) < 4.78 is 6.91. The number of hydrogen-bond acceptors (Lipinski definition) is 5. The molecule has 1 saturated heterocycles. The van der Waals surface area contributed by atoms with Gasteiger partial charge < -0.3 is 19.5 Å². The molecule has 0 saturated carbocycles. The number of carbonyl (C=O) groups excluding carboxylic acids is 1. The molecule has 0 aliphatic carbocycles. The van der Waals surface area contributed by atoms with Crippen molar-refractivity contribution in [3.05, 3.63) is 24.3 Å². The highest BCUT2D eigenvalue weighted by molar-refractivity contribution is 5.80. The van der Waals surface area contributed by atoms with Gasteiger partial charge in [0.15, 0.2) is 5.96 Å². The Hall–Kier alpha value is -2.38. The number of piperidine rings is 1. The average Bonchev–Trinajstić information content (AvgIpc) is 3.11. The van der Waals surface area contributed by atoms with Gasteiger partial charge in [-0.05, 0) is 19.8 Å². The minimum absolute atomic E-state index is 0.0113. The SMILES string of the molecule is C=C(C)CN=C(NCCn1cnnc1CC)N1CCC(C(=O)OC)CC1. The van der Waals surface area contributed by atoms with Crippen molar-refractivity contribution in [1.29, 1.82) is 0 Å². The summed E-state index contributed by atoms with van der Waals surface area (Å²) in [5.41, 5.74) is 1.01. The van der Waals surface area contributed by atoms with Crippen LogP contribution in [0, 0.1) is 5.92 Å². The van der Waals surface area contributed by atoms with Gasteiger partial charge in [0.05, 0.1) is 19.6 Å². The molecule has 0 amide bonds. The van der Waals surface area contributed by atoms with E-state index >= 15 is 0 Å². The van der Waals surface area contributed by atoms with E-state index in [-0.39, 0.29) is 11.9 Å². The molecule has 0 bridgehead atoms. The fourth-order valence-electron chi connectivity index (χ4n) is 3.00. The van der Waals surface area contributed by atoms with Crippen LogP contribution in [-0.2, 0) is 22.5 Å². The summed E-state index contributed by atoms with van der Waals surface area (Å²) in [7, 11) is 1.45. The molecule has 0 radical (unpaired) electrons. The van der Waals surface area contributed by atoms with Crippen LogP contribution in [0.25, 0.3) is 0 Å². The van der Waals surface area contributed by atoms with E-state index < -0.39 is 0 Å². The van der Waals surface area contributed by atoms with Crippen LogP contribution in [0.2, 0.25) is 0 Å². The highest BCUT2D eigenvalue weighted by atomic mass is 16.5. The van der Waals surface area contributed by atoms with Crippen molar-refractivity contribution in [2.45, 2.75) is 39.7 Å². The van der Waals surface area contributed by atoms with E-state index in [4.69, 9.17) is 4.74 Å². The number of nitrogens with one attached hydrogen (secondary N) is 1. The molecular formula is C18H30N6O2. The van der Waals surface area contributed by atoms with E-state index in [1.165, 1.54) is 7.11 Å². The van der Waals surface area contributed by atoms with Crippen molar-refractivity contribution in [2.75, 3.05) is 33.3 Å². The summed E-state index contributed by atoms with van der Waals surface area (Å²) >= 11 is 0. The van der Waals surface area contributed by atoms with Gasteiger partial charge in [-0.2, -0.15) is 0 Å². The second-order valence-corrected chi connectivity index (χ2v) is 6.60. The quantitative estimate of drug-likeness (QED) is 0.340. The molecular weight excluding hydrogens is 332 g/mol. The number of carbonyl (C=O) groups is 1. The van der Waals surface area contributed by atoms with E-state index in [1.54, 1.807) is 6.33 Å². The maximum Gasteiger partial charge on any atom is 0.308 e. The molecule has 1 aromatic rings. The third-order valence-electron chi connectivity index (χ3n) is 4.48. The maximum atomic E-state index is 11.7. The van der Waals surface area contributed by atoms with E-state index in [0.717, 1.165) is 62.8 Å². The van der Waals surface area contributed by atoms with E-state index in [1.807, 2.05) is 11.5 Å². The summed E-state index contributed by atoms with van der Waals surface area (Å²) in [5, 5.41) is 11.5. The van der Waals surface area contributed by atoms with Crippen LogP contribution in [0.1, 0.15) is 32.5 Å². The minimum atomic E-state index is -0.113. The number of guanidine groups is 1. The average molecular weight is 362 g/mol. The summed E-state index contributed by atoms with van der Waals surface area (Å²) in [6.07, 6.45) is 4.18. The molecule has 2 rings (SSSR count). The van der Waals surface area contributed by atoms with Crippen molar-refractivity contribution in [3.63, 3.8) is 0 Å². The van der Waals surface area contributed by atoms with Crippen molar-refractivity contribution >= 4 is 11.9 Å². The van der Waals surface area contributed by atoms with Gasteiger partial charge >= 0.3 is 5.97 Å². The number of likely N-dealkylation sites (tertiary alicyclic amines) is 1. The number of nitrogens with zero attached hydrogens (tertiary/aromatic N) is 5. The van der Waals surface area contributed by atoms with Gasteiger partial charge in [0.2, 0.25) is 0 Å². The normalized spacial score (nSPS) is 15.8. The Morgan fingerprint density at radius 1 is 1.46 bits per heavy atom.